The van der Waals surface area contributed by atoms with Crippen LogP contribution >= 0.6 is 0 Å². The van der Waals surface area contributed by atoms with Crippen molar-refractivity contribution in [1.82, 2.24) is 19.6 Å². The summed E-state index contributed by atoms with van der Waals surface area (Å²) >= 11 is 0. The molecule has 0 aliphatic carbocycles. The molecule has 128 valence electrons. The minimum absolute atomic E-state index is 0.308. The first kappa shape index (κ1) is 17.7. The van der Waals surface area contributed by atoms with Crippen molar-refractivity contribution in [3.8, 4) is 0 Å². The number of carbonyl (C=O) groups excluding carboxylic acids is 1. The van der Waals surface area contributed by atoms with Gasteiger partial charge in [0.2, 0.25) is 5.91 Å². The van der Waals surface area contributed by atoms with Gasteiger partial charge < -0.3 is 9.80 Å². The molecule has 5 nitrogen and oxygen atoms in total. The molecule has 1 amide bonds. The van der Waals surface area contributed by atoms with E-state index in [4.69, 9.17) is 0 Å². The van der Waals surface area contributed by atoms with E-state index in [0.29, 0.717) is 18.4 Å². The zero-order valence-electron chi connectivity index (χ0n) is 14.8. The topological polar surface area (TPSA) is 30.0 Å². The standard InChI is InChI=1S/C17H34N4O/c1-4-17(22)21-14-10-19(11-15-21)7-5-6-18-8-12-20(13-9-18)16(2)3/h16H,4-15H2,1-3H3. The second kappa shape index (κ2) is 8.85. The highest BCUT2D eigenvalue weighted by Crippen LogP contribution is 2.08. The normalized spacial score (nSPS) is 22.5. The molecule has 5 heteroatoms. The first-order valence-corrected chi connectivity index (χ1v) is 9.06. The van der Waals surface area contributed by atoms with Gasteiger partial charge in [0.15, 0.2) is 0 Å². The zero-order valence-corrected chi connectivity index (χ0v) is 14.8. The van der Waals surface area contributed by atoms with Gasteiger partial charge in [-0.25, -0.2) is 0 Å². The molecule has 0 aromatic heterocycles. The SMILES string of the molecule is CCC(=O)N1CCN(CCCN2CCN(C(C)C)CC2)CC1. The third-order valence-electron chi connectivity index (χ3n) is 5.11. The number of carbonyl (C=O) groups is 1. The number of nitrogens with zero attached hydrogens (tertiary/aromatic N) is 4. The number of piperazine rings is 2. The van der Waals surface area contributed by atoms with Crippen LogP contribution in [0.1, 0.15) is 33.6 Å². The second-order valence-corrected chi connectivity index (χ2v) is 6.90. The van der Waals surface area contributed by atoms with Gasteiger partial charge in [-0.15, -0.1) is 0 Å². The Morgan fingerprint density at radius 3 is 1.82 bits per heavy atom. The molecular formula is C17H34N4O. The van der Waals surface area contributed by atoms with Crippen LogP contribution in [0, 0.1) is 0 Å². The summed E-state index contributed by atoms with van der Waals surface area (Å²) in [4.78, 5) is 21.4. The van der Waals surface area contributed by atoms with Crippen molar-refractivity contribution in [2.45, 2.75) is 39.7 Å². The number of rotatable bonds is 6. The highest BCUT2D eigenvalue weighted by Gasteiger charge is 2.21. The summed E-state index contributed by atoms with van der Waals surface area (Å²) in [5, 5.41) is 0. The average molecular weight is 310 g/mol. The minimum atomic E-state index is 0.308. The molecule has 0 spiro atoms. The van der Waals surface area contributed by atoms with Crippen LogP contribution in [0.25, 0.3) is 0 Å². The maximum absolute atomic E-state index is 11.7. The monoisotopic (exact) mass is 310 g/mol. The first-order chi connectivity index (χ1) is 10.6. The van der Waals surface area contributed by atoms with Gasteiger partial charge >= 0.3 is 0 Å². The zero-order chi connectivity index (χ0) is 15.9. The highest BCUT2D eigenvalue weighted by atomic mass is 16.2. The largest absolute Gasteiger partial charge is 0.340 e. The van der Waals surface area contributed by atoms with Crippen molar-refractivity contribution in [2.24, 2.45) is 0 Å². The van der Waals surface area contributed by atoms with Gasteiger partial charge in [-0.2, -0.15) is 0 Å². The lowest BCUT2D eigenvalue weighted by Gasteiger charge is -2.38. The molecule has 0 bridgehead atoms. The fourth-order valence-corrected chi connectivity index (χ4v) is 3.47. The van der Waals surface area contributed by atoms with Crippen LogP contribution in [0.2, 0.25) is 0 Å². The van der Waals surface area contributed by atoms with Gasteiger partial charge in [-0.05, 0) is 33.4 Å². The van der Waals surface area contributed by atoms with Crippen LogP contribution in [0.4, 0.5) is 0 Å². The van der Waals surface area contributed by atoms with Gasteiger partial charge in [-0.1, -0.05) is 6.92 Å². The van der Waals surface area contributed by atoms with Gasteiger partial charge in [0.1, 0.15) is 0 Å². The Morgan fingerprint density at radius 1 is 0.864 bits per heavy atom. The minimum Gasteiger partial charge on any atom is -0.340 e. The Hall–Kier alpha value is -0.650. The predicted octanol–water partition coefficient (Wildman–Crippen LogP) is 0.957. The average Bonchev–Trinajstić information content (AvgIpc) is 2.55. The Balaban J connectivity index is 1.56. The van der Waals surface area contributed by atoms with Crippen molar-refractivity contribution in [3.05, 3.63) is 0 Å². The van der Waals surface area contributed by atoms with E-state index in [1.165, 1.54) is 45.7 Å². The second-order valence-electron chi connectivity index (χ2n) is 6.90. The fourth-order valence-electron chi connectivity index (χ4n) is 3.47. The smallest absolute Gasteiger partial charge is 0.222 e. The van der Waals surface area contributed by atoms with Gasteiger partial charge in [-0.3, -0.25) is 14.6 Å². The summed E-state index contributed by atoms with van der Waals surface area (Å²) in [6, 6.07) is 0.685. The van der Waals surface area contributed by atoms with Crippen LogP contribution in [0.3, 0.4) is 0 Å². The van der Waals surface area contributed by atoms with Gasteiger partial charge in [0.25, 0.3) is 0 Å². The summed E-state index contributed by atoms with van der Waals surface area (Å²) in [6.07, 6.45) is 1.89. The molecule has 0 saturated carbocycles. The molecule has 2 aliphatic heterocycles. The van der Waals surface area contributed by atoms with Crippen molar-refractivity contribution in [3.63, 3.8) is 0 Å². The summed E-state index contributed by atoms with van der Waals surface area (Å²) in [6.45, 7) is 17.7. The van der Waals surface area contributed by atoms with Crippen molar-refractivity contribution < 1.29 is 4.79 Å². The van der Waals surface area contributed by atoms with E-state index in [0.717, 1.165) is 26.2 Å². The molecule has 2 fully saturated rings. The molecule has 2 heterocycles. The lowest BCUT2D eigenvalue weighted by molar-refractivity contribution is -0.132. The Kier molecular flexibility index (Phi) is 7.12. The van der Waals surface area contributed by atoms with Crippen LogP contribution < -0.4 is 0 Å². The lowest BCUT2D eigenvalue weighted by Crippen LogP contribution is -2.50. The van der Waals surface area contributed by atoms with Crippen LogP contribution in [0.15, 0.2) is 0 Å². The Bertz CT molecular complexity index is 332. The van der Waals surface area contributed by atoms with Crippen molar-refractivity contribution in [1.29, 1.82) is 0 Å². The molecule has 0 unspecified atom stereocenters. The maximum Gasteiger partial charge on any atom is 0.222 e. The quantitative estimate of drug-likeness (QED) is 0.731. The van der Waals surface area contributed by atoms with E-state index in [1.807, 2.05) is 11.8 Å². The molecule has 2 saturated heterocycles. The molecule has 2 rings (SSSR count). The van der Waals surface area contributed by atoms with Crippen molar-refractivity contribution in [2.75, 3.05) is 65.4 Å². The van der Waals surface area contributed by atoms with Crippen molar-refractivity contribution >= 4 is 5.91 Å². The maximum atomic E-state index is 11.7. The Labute approximate surface area is 136 Å². The van der Waals surface area contributed by atoms with E-state index in [9.17, 15) is 4.79 Å². The first-order valence-electron chi connectivity index (χ1n) is 9.06. The van der Waals surface area contributed by atoms with Gasteiger partial charge in [0, 0.05) is 64.8 Å². The summed E-state index contributed by atoms with van der Waals surface area (Å²) in [5.41, 5.74) is 0. The summed E-state index contributed by atoms with van der Waals surface area (Å²) in [7, 11) is 0. The predicted molar refractivity (Wildman–Crippen MR) is 91.1 cm³/mol. The molecule has 22 heavy (non-hydrogen) atoms. The molecular weight excluding hydrogens is 276 g/mol. The summed E-state index contributed by atoms with van der Waals surface area (Å²) < 4.78 is 0. The molecule has 2 aliphatic rings. The molecule has 0 radical (unpaired) electrons. The van der Waals surface area contributed by atoms with E-state index < -0.39 is 0 Å². The third-order valence-corrected chi connectivity index (χ3v) is 5.11. The number of amides is 1. The number of hydrogen-bond acceptors (Lipinski definition) is 4. The van der Waals surface area contributed by atoms with E-state index in [-0.39, 0.29) is 0 Å². The van der Waals surface area contributed by atoms with Crippen LogP contribution in [-0.4, -0.2) is 97.0 Å². The molecule has 0 atom stereocenters. The van der Waals surface area contributed by atoms with E-state index >= 15 is 0 Å². The summed E-state index contributed by atoms with van der Waals surface area (Å²) in [5.74, 6) is 0.308. The molecule has 0 N–H and O–H groups in total. The van der Waals surface area contributed by atoms with Gasteiger partial charge in [0.05, 0.1) is 0 Å². The number of hydrogen-bond donors (Lipinski definition) is 0. The lowest BCUT2D eigenvalue weighted by atomic mass is 10.2. The van der Waals surface area contributed by atoms with Crippen LogP contribution in [-0.2, 0) is 4.79 Å². The molecule has 0 aromatic rings. The molecule has 0 aromatic carbocycles. The third kappa shape index (κ3) is 5.21. The van der Waals surface area contributed by atoms with E-state index in [1.54, 1.807) is 0 Å². The highest BCUT2D eigenvalue weighted by molar-refractivity contribution is 5.75. The van der Waals surface area contributed by atoms with Crippen LogP contribution in [0.5, 0.6) is 0 Å². The fraction of sp³-hybridized carbons (Fsp3) is 0.941. The Morgan fingerprint density at radius 2 is 1.36 bits per heavy atom. The van der Waals surface area contributed by atoms with E-state index in [2.05, 4.69) is 28.5 Å².